The topological polar surface area (TPSA) is 21.6 Å². The van der Waals surface area contributed by atoms with Gasteiger partial charge in [0.1, 0.15) is 23.2 Å². The molecule has 8 heteroatoms. The molecule has 0 saturated carbocycles. The van der Waals surface area contributed by atoms with Gasteiger partial charge >= 0.3 is 6.36 Å². The van der Waals surface area contributed by atoms with E-state index in [-0.39, 0.29) is 23.3 Å². The van der Waals surface area contributed by atoms with E-state index in [9.17, 15) is 26.3 Å². The first-order chi connectivity index (χ1) is 19.4. The van der Waals surface area contributed by atoms with E-state index in [4.69, 9.17) is 4.99 Å². The molecule has 0 fully saturated rings. The van der Waals surface area contributed by atoms with Crippen LogP contribution >= 0.6 is 0 Å². The molecule has 41 heavy (non-hydrogen) atoms. The van der Waals surface area contributed by atoms with E-state index in [0.717, 1.165) is 33.7 Å². The number of aliphatic imine (C=N–C) groups is 1. The van der Waals surface area contributed by atoms with E-state index in [1.165, 1.54) is 48.6 Å². The summed E-state index contributed by atoms with van der Waals surface area (Å²) < 4.78 is 81.6. The maximum atomic E-state index is 14.5. The lowest BCUT2D eigenvalue weighted by atomic mass is 9.82. The molecule has 211 valence electrons. The van der Waals surface area contributed by atoms with Crippen LogP contribution in [0.15, 0.2) is 115 Å². The number of benzene rings is 3. The number of fused-ring (bicyclic) bond motifs is 1. The van der Waals surface area contributed by atoms with E-state index < -0.39 is 23.8 Å². The molecule has 0 bridgehead atoms. The molecule has 0 saturated heterocycles. The third kappa shape index (κ3) is 7.06. The van der Waals surface area contributed by atoms with Gasteiger partial charge in [-0.25, -0.2) is 13.2 Å². The quantitative estimate of drug-likeness (QED) is 0.215. The van der Waals surface area contributed by atoms with Crippen molar-refractivity contribution in [3.63, 3.8) is 0 Å². The summed E-state index contributed by atoms with van der Waals surface area (Å²) in [5, 5.41) is 0. The maximum Gasteiger partial charge on any atom is 0.573 e. The highest BCUT2D eigenvalue weighted by Crippen LogP contribution is 2.52. The summed E-state index contributed by atoms with van der Waals surface area (Å²) >= 11 is 0. The standard InChI is InChI=1S/C27H19F5NO.C6H7F/c1-14-12-17(16-6-9-18(10-7-16)34-27(30,31)32)8-11-19(14)25-15(2)20-13-21(20)26(33-25)24-22(28)4-3-5-23(24)29;1-3-4-5-6(2)7/h3-13,15,25H,1-2H3;3-5H,1-2H2/b;5-4-/t15-,25+;/m1./s1. The van der Waals surface area contributed by atoms with Crippen LogP contribution in [0.25, 0.3) is 11.1 Å². The average molecular weight is 567 g/mol. The molecule has 1 aliphatic carbocycles. The van der Waals surface area contributed by atoms with Gasteiger partial charge in [0.2, 0.25) is 0 Å². The Morgan fingerprint density at radius 3 is 2.15 bits per heavy atom. The molecule has 0 spiro atoms. The second-order valence-electron chi connectivity index (χ2n) is 9.51. The van der Waals surface area contributed by atoms with Crippen molar-refractivity contribution in [2.75, 3.05) is 0 Å². The summed E-state index contributed by atoms with van der Waals surface area (Å²) in [6, 6.07) is 14.8. The molecule has 3 aromatic carbocycles. The molecule has 2 atom stereocenters. The molecule has 3 aromatic rings. The molecular formula is C33H26F6NO. The molecular weight excluding hydrogens is 540 g/mol. The van der Waals surface area contributed by atoms with E-state index in [1.54, 1.807) is 12.1 Å². The fourth-order valence-corrected chi connectivity index (χ4v) is 4.66. The van der Waals surface area contributed by atoms with Crippen molar-refractivity contribution in [3.05, 3.63) is 144 Å². The van der Waals surface area contributed by atoms with Crippen LogP contribution in [0.3, 0.4) is 0 Å². The summed E-state index contributed by atoms with van der Waals surface area (Å²) in [6.45, 7) is 10.3. The van der Waals surface area contributed by atoms with E-state index in [2.05, 4.69) is 17.9 Å². The van der Waals surface area contributed by atoms with E-state index in [1.807, 2.05) is 38.1 Å². The Morgan fingerprint density at radius 1 is 0.976 bits per heavy atom. The lowest BCUT2D eigenvalue weighted by molar-refractivity contribution is -0.274. The first-order valence-corrected chi connectivity index (χ1v) is 12.6. The maximum absolute atomic E-state index is 14.5. The third-order valence-electron chi connectivity index (χ3n) is 6.64. The van der Waals surface area contributed by atoms with Gasteiger partial charge in [0.25, 0.3) is 0 Å². The fraction of sp³-hybridized carbons (Fsp3) is 0.152. The normalized spacial score (nSPS) is 18.0. The summed E-state index contributed by atoms with van der Waals surface area (Å²) in [5.41, 5.74) is 4.42. The van der Waals surface area contributed by atoms with Crippen molar-refractivity contribution >= 4 is 5.71 Å². The first kappa shape index (κ1) is 29.6. The van der Waals surface area contributed by atoms with Crippen molar-refractivity contribution in [3.8, 4) is 16.9 Å². The largest absolute Gasteiger partial charge is 0.573 e. The minimum Gasteiger partial charge on any atom is -0.406 e. The highest BCUT2D eigenvalue weighted by Gasteiger charge is 2.44. The zero-order valence-corrected chi connectivity index (χ0v) is 22.3. The van der Waals surface area contributed by atoms with Crippen LogP contribution in [-0.4, -0.2) is 12.1 Å². The van der Waals surface area contributed by atoms with Crippen LogP contribution < -0.4 is 4.74 Å². The molecule has 1 radical (unpaired) electrons. The summed E-state index contributed by atoms with van der Waals surface area (Å²) in [4.78, 5) is 4.78. The molecule has 2 nitrogen and oxygen atoms in total. The second-order valence-corrected chi connectivity index (χ2v) is 9.51. The molecule has 0 amide bonds. The van der Waals surface area contributed by atoms with Gasteiger partial charge in [-0.1, -0.05) is 74.7 Å². The number of hydrogen-bond donors (Lipinski definition) is 0. The van der Waals surface area contributed by atoms with Gasteiger partial charge in [0.05, 0.1) is 17.3 Å². The predicted molar refractivity (Wildman–Crippen MR) is 149 cm³/mol. The number of allylic oxidation sites excluding steroid dienone is 6. The smallest absolute Gasteiger partial charge is 0.406 e. The van der Waals surface area contributed by atoms with E-state index >= 15 is 0 Å². The first-order valence-electron chi connectivity index (χ1n) is 12.6. The Kier molecular flexibility index (Phi) is 8.71. The Morgan fingerprint density at radius 2 is 1.61 bits per heavy atom. The molecule has 0 aromatic heterocycles. The van der Waals surface area contributed by atoms with Gasteiger partial charge in [-0.15, -0.1) is 13.2 Å². The Bertz CT molecular complexity index is 1530. The van der Waals surface area contributed by atoms with Crippen LogP contribution in [0, 0.1) is 30.4 Å². The van der Waals surface area contributed by atoms with E-state index in [0.29, 0.717) is 5.71 Å². The van der Waals surface area contributed by atoms with Gasteiger partial charge in [-0.05, 0) is 71.0 Å². The number of alkyl halides is 3. The predicted octanol–water partition coefficient (Wildman–Crippen LogP) is 9.75. The lowest BCUT2D eigenvalue weighted by Crippen LogP contribution is -2.22. The lowest BCUT2D eigenvalue weighted by Gasteiger charge is -2.28. The summed E-state index contributed by atoms with van der Waals surface area (Å²) in [6.07, 6.45) is 1.40. The molecule has 1 aliphatic heterocycles. The van der Waals surface area contributed by atoms with Crippen molar-refractivity contribution < 1.29 is 31.1 Å². The number of nitrogens with zero attached hydrogens (tertiary/aromatic N) is 1. The number of rotatable bonds is 6. The minimum absolute atomic E-state index is 0.0527. The van der Waals surface area contributed by atoms with Gasteiger partial charge in [0.15, 0.2) is 0 Å². The SMILES string of the molecule is C=C/C=C\C(=C)F.Cc1cc(-c2ccc(OC(F)(F)F)cc2)ccc1[C@H]1N=C(c2c(F)cccc2F)C2=C[C]2[C@H]1C. The Balaban J connectivity index is 0.000000493. The van der Waals surface area contributed by atoms with Crippen molar-refractivity contribution in [1.29, 1.82) is 0 Å². The van der Waals surface area contributed by atoms with Crippen LogP contribution in [0.2, 0.25) is 0 Å². The van der Waals surface area contributed by atoms with Crippen LogP contribution in [0.4, 0.5) is 26.3 Å². The summed E-state index contributed by atoms with van der Waals surface area (Å²) in [7, 11) is 0. The van der Waals surface area contributed by atoms with Gasteiger partial charge in [0, 0.05) is 5.92 Å². The fourth-order valence-electron chi connectivity index (χ4n) is 4.66. The zero-order valence-electron chi connectivity index (χ0n) is 22.3. The van der Waals surface area contributed by atoms with Crippen molar-refractivity contribution in [2.45, 2.75) is 26.3 Å². The highest BCUT2D eigenvalue weighted by atomic mass is 19.4. The summed E-state index contributed by atoms with van der Waals surface area (Å²) in [5.74, 6) is -0.931. The van der Waals surface area contributed by atoms with Crippen molar-refractivity contribution in [2.24, 2.45) is 10.9 Å². The number of hydrogen-bond acceptors (Lipinski definition) is 2. The average Bonchev–Trinajstić information content (AvgIpc) is 3.71. The van der Waals surface area contributed by atoms with Crippen LogP contribution in [-0.2, 0) is 0 Å². The molecule has 0 N–H and O–H groups in total. The molecule has 1 heterocycles. The Hall–Kier alpha value is -4.33. The number of halogens is 6. The zero-order chi connectivity index (χ0) is 29.9. The number of ether oxygens (including phenoxy) is 1. The van der Waals surface area contributed by atoms with Crippen LogP contribution in [0.1, 0.15) is 29.7 Å². The highest BCUT2D eigenvalue weighted by molar-refractivity contribution is 6.20. The molecule has 0 unspecified atom stereocenters. The Labute approximate surface area is 234 Å². The van der Waals surface area contributed by atoms with Gasteiger partial charge in [-0.3, -0.25) is 4.99 Å². The minimum atomic E-state index is -4.74. The van der Waals surface area contributed by atoms with Gasteiger partial charge < -0.3 is 4.74 Å². The van der Waals surface area contributed by atoms with Gasteiger partial charge in [-0.2, -0.15) is 0 Å². The second kappa shape index (κ2) is 12.0. The van der Waals surface area contributed by atoms with Crippen LogP contribution in [0.5, 0.6) is 5.75 Å². The molecule has 2 aliphatic rings. The third-order valence-corrected chi connectivity index (χ3v) is 6.64. The van der Waals surface area contributed by atoms with Crippen molar-refractivity contribution in [1.82, 2.24) is 0 Å². The molecule has 5 rings (SSSR count). The monoisotopic (exact) mass is 566 g/mol. The number of aryl methyl sites for hydroxylation is 1.